The van der Waals surface area contributed by atoms with Crippen LogP contribution in [0.4, 0.5) is 0 Å². The first kappa shape index (κ1) is 8.84. The summed E-state index contributed by atoms with van der Waals surface area (Å²) < 4.78 is 5.62. The summed E-state index contributed by atoms with van der Waals surface area (Å²) >= 11 is 0. The van der Waals surface area contributed by atoms with E-state index in [0.717, 1.165) is 5.52 Å². The summed E-state index contributed by atoms with van der Waals surface area (Å²) in [6.45, 7) is 0. The highest BCUT2D eigenvalue weighted by molar-refractivity contribution is 5.80. The van der Waals surface area contributed by atoms with E-state index in [4.69, 9.17) is 4.74 Å². The molecule has 0 aliphatic carbocycles. The highest BCUT2D eigenvalue weighted by Gasteiger charge is 2.06. The number of hydrogen-bond acceptors (Lipinski definition) is 4. The SMILES string of the molecule is c1ccc(Oc2cccc3[nH]nnc23)nc1. The lowest BCUT2D eigenvalue weighted by Crippen LogP contribution is -1.87. The van der Waals surface area contributed by atoms with Crippen molar-refractivity contribution in [2.45, 2.75) is 0 Å². The molecule has 2 heterocycles. The topological polar surface area (TPSA) is 63.7 Å². The molecule has 0 amide bonds. The van der Waals surface area contributed by atoms with Gasteiger partial charge < -0.3 is 4.74 Å². The van der Waals surface area contributed by atoms with Crippen molar-refractivity contribution in [3.63, 3.8) is 0 Å². The Morgan fingerprint density at radius 2 is 2.06 bits per heavy atom. The van der Waals surface area contributed by atoms with Crippen molar-refractivity contribution in [3.8, 4) is 11.6 Å². The van der Waals surface area contributed by atoms with Gasteiger partial charge in [-0.15, -0.1) is 5.10 Å². The number of aromatic amines is 1. The summed E-state index contributed by atoms with van der Waals surface area (Å²) in [5.74, 6) is 1.18. The molecule has 0 aliphatic rings. The van der Waals surface area contributed by atoms with E-state index in [-0.39, 0.29) is 0 Å². The third kappa shape index (κ3) is 1.48. The van der Waals surface area contributed by atoms with Crippen LogP contribution in [0.2, 0.25) is 0 Å². The number of nitrogens with zero attached hydrogens (tertiary/aromatic N) is 3. The Morgan fingerprint density at radius 3 is 2.94 bits per heavy atom. The van der Waals surface area contributed by atoms with E-state index in [1.165, 1.54) is 0 Å². The van der Waals surface area contributed by atoms with Gasteiger partial charge in [0, 0.05) is 12.3 Å². The maximum atomic E-state index is 5.62. The van der Waals surface area contributed by atoms with Crippen LogP contribution in [0.1, 0.15) is 0 Å². The van der Waals surface area contributed by atoms with E-state index >= 15 is 0 Å². The molecule has 0 aliphatic heterocycles. The normalized spacial score (nSPS) is 10.5. The Morgan fingerprint density at radius 1 is 1.06 bits per heavy atom. The Labute approximate surface area is 91.1 Å². The summed E-state index contributed by atoms with van der Waals surface area (Å²) in [4.78, 5) is 4.08. The van der Waals surface area contributed by atoms with Crippen molar-refractivity contribution in [2.75, 3.05) is 0 Å². The number of ether oxygens (including phenoxy) is 1. The molecule has 0 saturated carbocycles. The van der Waals surface area contributed by atoms with E-state index in [1.54, 1.807) is 12.3 Å². The van der Waals surface area contributed by atoms with Crippen molar-refractivity contribution in [3.05, 3.63) is 42.6 Å². The van der Waals surface area contributed by atoms with E-state index in [1.807, 2.05) is 30.3 Å². The maximum absolute atomic E-state index is 5.62. The van der Waals surface area contributed by atoms with Crippen molar-refractivity contribution in [2.24, 2.45) is 0 Å². The molecule has 0 fully saturated rings. The first-order valence-corrected chi connectivity index (χ1v) is 4.82. The third-order valence-electron chi connectivity index (χ3n) is 2.17. The second-order valence-corrected chi connectivity index (χ2v) is 3.23. The summed E-state index contributed by atoms with van der Waals surface area (Å²) in [6, 6.07) is 11.1. The Hall–Kier alpha value is -2.43. The minimum absolute atomic E-state index is 0.540. The van der Waals surface area contributed by atoms with Gasteiger partial charge >= 0.3 is 0 Å². The number of benzene rings is 1. The van der Waals surface area contributed by atoms with Gasteiger partial charge in [0.2, 0.25) is 5.88 Å². The Kier molecular flexibility index (Phi) is 2.00. The molecule has 0 unspecified atom stereocenters. The third-order valence-corrected chi connectivity index (χ3v) is 2.17. The van der Waals surface area contributed by atoms with Crippen molar-refractivity contribution in [1.82, 2.24) is 20.4 Å². The fourth-order valence-electron chi connectivity index (χ4n) is 1.45. The predicted molar refractivity (Wildman–Crippen MR) is 58.2 cm³/mol. The molecule has 0 bridgehead atoms. The second kappa shape index (κ2) is 3.62. The molecule has 0 spiro atoms. The lowest BCUT2D eigenvalue weighted by Gasteiger charge is -2.03. The minimum atomic E-state index is 0.540. The highest BCUT2D eigenvalue weighted by atomic mass is 16.5. The number of fused-ring (bicyclic) bond motifs is 1. The molecule has 0 atom stereocenters. The number of H-pyrrole nitrogens is 1. The molecule has 0 radical (unpaired) electrons. The first-order chi connectivity index (χ1) is 7.93. The molecule has 78 valence electrons. The first-order valence-electron chi connectivity index (χ1n) is 4.82. The smallest absolute Gasteiger partial charge is 0.219 e. The number of hydrogen-bond donors (Lipinski definition) is 1. The van der Waals surface area contributed by atoms with E-state index in [9.17, 15) is 0 Å². The molecular weight excluding hydrogens is 204 g/mol. The van der Waals surface area contributed by atoms with Gasteiger partial charge in [0.1, 0.15) is 0 Å². The molecule has 3 rings (SSSR count). The van der Waals surface area contributed by atoms with Gasteiger partial charge in [0.15, 0.2) is 11.3 Å². The lowest BCUT2D eigenvalue weighted by atomic mass is 10.3. The molecular formula is C11H8N4O. The average Bonchev–Trinajstić information content (AvgIpc) is 2.80. The van der Waals surface area contributed by atoms with Crippen molar-refractivity contribution < 1.29 is 4.74 Å². The number of rotatable bonds is 2. The number of nitrogens with one attached hydrogen (secondary N) is 1. The second-order valence-electron chi connectivity index (χ2n) is 3.23. The number of pyridine rings is 1. The van der Waals surface area contributed by atoms with Crippen LogP contribution >= 0.6 is 0 Å². The highest BCUT2D eigenvalue weighted by Crippen LogP contribution is 2.25. The summed E-state index contributed by atoms with van der Waals surface area (Å²) in [7, 11) is 0. The van der Waals surface area contributed by atoms with Gasteiger partial charge in [-0.1, -0.05) is 17.3 Å². The predicted octanol–water partition coefficient (Wildman–Crippen LogP) is 2.15. The van der Waals surface area contributed by atoms with Crippen LogP contribution in [-0.4, -0.2) is 20.4 Å². The quantitative estimate of drug-likeness (QED) is 0.706. The van der Waals surface area contributed by atoms with Crippen molar-refractivity contribution in [1.29, 1.82) is 0 Å². The summed E-state index contributed by atoms with van der Waals surface area (Å²) in [6.07, 6.45) is 1.68. The molecule has 1 N–H and O–H groups in total. The summed E-state index contributed by atoms with van der Waals surface area (Å²) in [5.41, 5.74) is 1.54. The molecule has 5 heteroatoms. The van der Waals surface area contributed by atoms with Crippen LogP contribution in [0.3, 0.4) is 0 Å². The van der Waals surface area contributed by atoms with E-state index < -0.39 is 0 Å². The fraction of sp³-hybridized carbons (Fsp3) is 0. The zero-order chi connectivity index (χ0) is 10.8. The summed E-state index contributed by atoms with van der Waals surface area (Å²) in [5, 5.41) is 10.5. The molecule has 5 nitrogen and oxygen atoms in total. The maximum Gasteiger partial charge on any atom is 0.219 e. The Bertz CT molecular complexity index is 605. The van der Waals surface area contributed by atoms with Crippen LogP contribution in [0.15, 0.2) is 42.6 Å². The van der Waals surface area contributed by atoms with Crippen LogP contribution in [0, 0.1) is 0 Å². The van der Waals surface area contributed by atoms with E-state index in [2.05, 4.69) is 20.4 Å². The number of aromatic nitrogens is 4. The molecule has 16 heavy (non-hydrogen) atoms. The van der Waals surface area contributed by atoms with Gasteiger partial charge in [-0.05, 0) is 18.2 Å². The van der Waals surface area contributed by atoms with Gasteiger partial charge in [-0.25, -0.2) is 4.98 Å². The van der Waals surface area contributed by atoms with E-state index in [0.29, 0.717) is 17.1 Å². The van der Waals surface area contributed by atoms with Crippen LogP contribution < -0.4 is 4.74 Å². The molecule has 3 aromatic rings. The largest absolute Gasteiger partial charge is 0.437 e. The van der Waals surface area contributed by atoms with Crippen LogP contribution in [0.5, 0.6) is 11.6 Å². The monoisotopic (exact) mass is 212 g/mol. The van der Waals surface area contributed by atoms with Gasteiger partial charge in [0.05, 0.1) is 5.52 Å². The Balaban J connectivity index is 2.04. The molecule has 2 aromatic heterocycles. The minimum Gasteiger partial charge on any atom is -0.437 e. The van der Waals surface area contributed by atoms with Gasteiger partial charge in [-0.3, -0.25) is 5.10 Å². The van der Waals surface area contributed by atoms with Crippen LogP contribution in [-0.2, 0) is 0 Å². The standard InChI is InChI=1S/C11H8N4O/c1-2-7-12-10(6-1)16-9-5-3-4-8-11(9)14-15-13-8/h1-7H,(H,13,14,15). The zero-order valence-electron chi connectivity index (χ0n) is 8.29. The molecule has 1 aromatic carbocycles. The van der Waals surface area contributed by atoms with Crippen LogP contribution in [0.25, 0.3) is 11.0 Å². The average molecular weight is 212 g/mol. The van der Waals surface area contributed by atoms with Gasteiger partial charge in [-0.2, -0.15) is 0 Å². The lowest BCUT2D eigenvalue weighted by molar-refractivity contribution is 0.467. The van der Waals surface area contributed by atoms with Crippen molar-refractivity contribution >= 4 is 11.0 Å². The van der Waals surface area contributed by atoms with Gasteiger partial charge in [0.25, 0.3) is 0 Å². The fourth-order valence-corrected chi connectivity index (χ4v) is 1.45. The zero-order valence-corrected chi connectivity index (χ0v) is 8.29. The molecule has 0 saturated heterocycles.